The van der Waals surface area contributed by atoms with Crippen LogP contribution in [0.25, 0.3) is 0 Å². The lowest BCUT2D eigenvalue weighted by Gasteiger charge is -2.24. The highest BCUT2D eigenvalue weighted by Crippen LogP contribution is 2.32. The zero-order chi connectivity index (χ0) is 21.7. The molecule has 0 aromatic heterocycles. The quantitative estimate of drug-likeness (QED) is 0.599. The molecule has 1 rings (SSSR count). The first-order chi connectivity index (χ1) is 12.7. The number of alkyl carbamates (subject to hydrolysis) is 1. The standard InChI is InChI=1S/C18H24BrF3N2O4/c1-10(2)8-13(24-16(26)28-17(3,4)5)15(25)23-11-6-7-12(19)14(9-11)27-18(20,21)22/h6-7,9-10,13H,8H2,1-5H3,(H,23,25)(H,24,26)/t13-/m1/s1. The molecule has 0 saturated heterocycles. The predicted molar refractivity (Wildman–Crippen MR) is 102 cm³/mol. The van der Waals surface area contributed by atoms with Crippen LogP contribution in [-0.2, 0) is 9.53 Å². The lowest BCUT2D eigenvalue weighted by molar-refractivity contribution is -0.274. The number of halogens is 4. The largest absolute Gasteiger partial charge is 0.573 e. The third-order valence-corrected chi connectivity index (χ3v) is 3.79. The normalized spacial score (nSPS) is 13.1. The van der Waals surface area contributed by atoms with Crippen LogP contribution in [0.3, 0.4) is 0 Å². The minimum Gasteiger partial charge on any atom is -0.444 e. The molecule has 0 aliphatic heterocycles. The first-order valence-electron chi connectivity index (χ1n) is 8.52. The maximum Gasteiger partial charge on any atom is 0.573 e. The second-order valence-corrected chi connectivity index (χ2v) is 8.36. The molecule has 0 heterocycles. The summed E-state index contributed by atoms with van der Waals surface area (Å²) >= 11 is 2.96. The van der Waals surface area contributed by atoms with Crippen molar-refractivity contribution in [2.24, 2.45) is 5.92 Å². The molecule has 1 aromatic rings. The minimum atomic E-state index is -4.87. The summed E-state index contributed by atoms with van der Waals surface area (Å²) in [4.78, 5) is 24.6. The fourth-order valence-electron chi connectivity index (χ4n) is 2.17. The van der Waals surface area contributed by atoms with E-state index in [4.69, 9.17) is 4.74 Å². The van der Waals surface area contributed by atoms with Crippen molar-refractivity contribution in [3.8, 4) is 5.75 Å². The van der Waals surface area contributed by atoms with Crippen LogP contribution in [0.1, 0.15) is 41.0 Å². The Morgan fingerprint density at radius 3 is 2.29 bits per heavy atom. The SMILES string of the molecule is CC(C)C[C@@H](NC(=O)OC(C)(C)C)C(=O)Nc1ccc(Br)c(OC(F)(F)F)c1. The van der Waals surface area contributed by atoms with E-state index in [1.54, 1.807) is 20.8 Å². The Hall–Kier alpha value is -1.97. The molecule has 1 atom stereocenters. The number of nitrogens with one attached hydrogen (secondary N) is 2. The van der Waals surface area contributed by atoms with E-state index in [0.717, 1.165) is 6.07 Å². The Kier molecular flexibility index (Phi) is 8.16. The summed E-state index contributed by atoms with van der Waals surface area (Å²) in [6.07, 6.45) is -5.32. The van der Waals surface area contributed by atoms with E-state index in [2.05, 4.69) is 31.3 Å². The highest BCUT2D eigenvalue weighted by atomic mass is 79.9. The predicted octanol–water partition coefficient (Wildman–Crippen LogP) is 5.23. The number of carbonyl (C=O) groups is 2. The van der Waals surface area contributed by atoms with Gasteiger partial charge >= 0.3 is 12.5 Å². The molecule has 6 nitrogen and oxygen atoms in total. The molecule has 0 unspecified atom stereocenters. The number of amides is 2. The summed E-state index contributed by atoms with van der Waals surface area (Å²) in [5.74, 6) is -1.01. The molecule has 1 aromatic carbocycles. The van der Waals surface area contributed by atoms with Gasteiger partial charge in [-0.15, -0.1) is 13.2 Å². The van der Waals surface area contributed by atoms with E-state index in [1.165, 1.54) is 12.1 Å². The van der Waals surface area contributed by atoms with Gasteiger partial charge in [-0.25, -0.2) is 4.79 Å². The number of alkyl halides is 3. The van der Waals surface area contributed by atoms with Gasteiger partial charge in [0.15, 0.2) is 0 Å². The number of hydrogen-bond donors (Lipinski definition) is 2. The molecule has 2 amide bonds. The van der Waals surface area contributed by atoms with Crippen LogP contribution in [0.15, 0.2) is 22.7 Å². The average molecular weight is 469 g/mol. The van der Waals surface area contributed by atoms with Crippen LogP contribution in [0.4, 0.5) is 23.7 Å². The van der Waals surface area contributed by atoms with Crippen molar-refractivity contribution in [1.82, 2.24) is 5.32 Å². The maximum absolute atomic E-state index is 12.6. The van der Waals surface area contributed by atoms with Gasteiger partial charge < -0.3 is 20.1 Å². The van der Waals surface area contributed by atoms with Gasteiger partial charge in [-0.3, -0.25) is 4.79 Å². The number of rotatable bonds is 6. The van der Waals surface area contributed by atoms with Gasteiger partial charge in [0.2, 0.25) is 5.91 Å². The third-order valence-electron chi connectivity index (χ3n) is 3.14. The summed E-state index contributed by atoms with van der Waals surface area (Å²) < 4.78 is 46.6. The Balaban J connectivity index is 2.93. The molecule has 0 aliphatic rings. The summed E-state index contributed by atoms with van der Waals surface area (Å²) in [6, 6.07) is 2.83. The molecule has 0 radical (unpaired) electrons. The average Bonchev–Trinajstić information content (AvgIpc) is 2.46. The van der Waals surface area contributed by atoms with Crippen LogP contribution < -0.4 is 15.4 Å². The van der Waals surface area contributed by atoms with Gasteiger partial charge in [0, 0.05) is 11.8 Å². The number of anilines is 1. The van der Waals surface area contributed by atoms with Crippen molar-refractivity contribution in [3.05, 3.63) is 22.7 Å². The van der Waals surface area contributed by atoms with E-state index < -0.39 is 35.8 Å². The van der Waals surface area contributed by atoms with Crippen molar-refractivity contribution < 1.29 is 32.2 Å². The number of ether oxygens (including phenoxy) is 2. The van der Waals surface area contributed by atoms with Crippen LogP contribution in [-0.4, -0.2) is 30.0 Å². The molecule has 28 heavy (non-hydrogen) atoms. The molecule has 0 spiro atoms. The van der Waals surface area contributed by atoms with Gasteiger partial charge in [-0.2, -0.15) is 0 Å². The Bertz CT molecular complexity index is 703. The van der Waals surface area contributed by atoms with Crippen LogP contribution in [0.5, 0.6) is 5.75 Å². The number of hydrogen-bond acceptors (Lipinski definition) is 4. The summed E-state index contributed by atoms with van der Waals surface area (Å²) in [5, 5.41) is 4.99. The monoisotopic (exact) mass is 468 g/mol. The molecule has 0 bridgehead atoms. The van der Waals surface area contributed by atoms with Gasteiger partial charge in [0.25, 0.3) is 0 Å². The van der Waals surface area contributed by atoms with Crippen LogP contribution in [0, 0.1) is 5.92 Å². The fraction of sp³-hybridized carbons (Fsp3) is 0.556. The fourth-order valence-corrected chi connectivity index (χ4v) is 2.49. The van der Waals surface area contributed by atoms with E-state index in [0.29, 0.717) is 6.42 Å². The molecule has 0 fully saturated rings. The van der Waals surface area contributed by atoms with Gasteiger partial charge in [0.05, 0.1) is 4.47 Å². The Labute approximate surface area is 170 Å². The van der Waals surface area contributed by atoms with Crippen molar-refractivity contribution in [2.75, 3.05) is 5.32 Å². The molecule has 0 aliphatic carbocycles. The Morgan fingerprint density at radius 2 is 1.79 bits per heavy atom. The highest BCUT2D eigenvalue weighted by molar-refractivity contribution is 9.10. The van der Waals surface area contributed by atoms with Crippen LogP contribution in [0.2, 0.25) is 0 Å². The molecular weight excluding hydrogens is 445 g/mol. The second-order valence-electron chi connectivity index (χ2n) is 7.51. The van der Waals surface area contributed by atoms with E-state index in [9.17, 15) is 22.8 Å². The lowest BCUT2D eigenvalue weighted by atomic mass is 10.0. The van der Waals surface area contributed by atoms with E-state index in [-0.39, 0.29) is 16.1 Å². The smallest absolute Gasteiger partial charge is 0.444 e. The van der Waals surface area contributed by atoms with E-state index in [1.807, 2.05) is 13.8 Å². The minimum absolute atomic E-state index is 0.0692. The van der Waals surface area contributed by atoms with Gasteiger partial charge in [-0.1, -0.05) is 13.8 Å². The first kappa shape index (κ1) is 24.1. The van der Waals surface area contributed by atoms with E-state index >= 15 is 0 Å². The van der Waals surface area contributed by atoms with Gasteiger partial charge in [0.1, 0.15) is 17.4 Å². The second kappa shape index (κ2) is 9.49. The van der Waals surface area contributed by atoms with Crippen LogP contribution >= 0.6 is 15.9 Å². The molecule has 0 saturated carbocycles. The zero-order valence-electron chi connectivity index (χ0n) is 16.2. The Morgan fingerprint density at radius 1 is 1.18 bits per heavy atom. The summed E-state index contributed by atoms with van der Waals surface area (Å²) in [5.41, 5.74) is -0.648. The molecule has 2 N–H and O–H groups in total. The summed E-state index contributed by atoms with van der Waals surface area (Å²) in [6.45, 7) is 8.80. The summed E-state index contributed by atoms with van der Waals surface area (Å²) in [7, 11) is 0. The topological polar surface area (TPSA) is 76.7 Å². The highest BCUT2D eigenvalue weighted by Gasteiger charge is 2.32. The number of carbonyl (C=O) groups excluding carboxylic acids is 2. The van der Waals surface area contributed by atoms with Gasteiger partial charge in [-0.05, 0) is 61.2 Å². The van der Waals surface area contributed by atoms with Crippen molar-refractivity contribution in [2.45, 2.75) is 59.0 Å². The maximum atomic E-state index is 12.6. The lowest BCUT2D eigenvalue weighted by Crippen LogP contribution is -2.46. The molecular formula is C18H24BrF3N2O4. The molecule has 158 valence electrons. The zero-order valence-corrected chi connectivity index (χ0v) is 17.8. The van der Waals surface area contributed by atoms with Crippen molar-refractivity contribution in [3.63, 3.8) is 0 Å². The third kappa shape index (κ3) is 9.29. The molecule has 10 heteroatoms. The van der Waals surface area contributed by atoms with Crippen molar-refractivity contribution >= 4 is 33.6 Å². The number of benzene rings is 1. The van der Waals surface area contributed by atoms with Crippen molar-refractivity contribution in [1.29, 1.82) is 0 Å². The first-order valence-corrected chi connectivity index (χ1v) is 9.31.